The summed E-state index contributed by atoms with van der Waals surface area (Å²) in [6.45, 7) is 0. The molecule has 56 valence electrons. The van der Waals surface area contributed by atoms with Crippen LogP contribution in [0.4, 0.5) is 0 Å². The minimum absolute atomic E-state index is 0.926. The van der Waals surface area contributed by atoms with E-state index in [0.717, 1.165) is 103 Å². The van der Waals surface area contributed by atoms with Gasteiger partial charge in [-0.2, -0.15) is 0 Å². The van der Waals surface area contributed by atoms with Gasteiger partial charge in [0.2, 0.25) is 0 Å². The maximum Gasteiger partial charge on any atom is 0 e. The second kappa shape index (κ2) is 1.79. The first-order chi connectivity index (χ1) is 7.00. The van der Waals surface area contributed by atoms with Crippen LogP contribution in [0.2, 0.25) is 0 Å². The molecule has 7 heterocycles. The molecule has 7 aliphatic rings. The van der Waals surface area contributed by atoms with E-state index in [4.69, 9.17) is 0 Å². The Kier molecular flexibility index (Phi) is 0.968. The van der Waals surface area contributed by atoms with Gasteiger partial charge in [-0.25, -0.2) is 0 Å². The highest BCUT2D eigenvalue weighted by atomic mass is 31.1. The van der Waals surface area contributed by atoms with Crippen molar-refractivity contribution in [1.82, 2.24) is 0 Å². The maximum atomic E-state index is 0.926. The number of hydrogen-bond acceptors (Lipinski definition) is 0. The Balaban J connectivity index is 1.58. The van der Waals surface area contributed by atoms with Gasteiger partial charge in [0.1, 0.15) is 0 Å². The van der Waals surface area contributed by atoms with Gasteiger partial charge >= 0.3 is 0 Å². The fraction of sp³-hybridized carbons (Fsp3) is 0. The second-order valence-electron chi connectivity index (χ2n) is 5.25. The zero-order chi connectivity index (χ0) is 8.08. The van der Waals surface area contributed by atoms with E-state index >= 15 is 0 Å². The molecule has 0 aromatic rings. The summed E-state index contributed by atoms with van der Waals surface area (Å²) in [5, 5.41) is 0. The third-order valence-corrected chi connectivity index (χ3v) is 425. The summed E-state index contributed by atoms with van der Waals surface area (Å²) in [6, 6.07) is 0. The molecule has 0 aromatic heterocycles. The molecule has 0 amide bonds. The minimum Gasteiger partial charge on any atom is 0 e. The predicted octanol–water partition coefficient (Wildman–Crippen LogP) is -5.33. The summed E-state index contributed by atoms with van der Waals surface area (Å²) >= 11 is 0. The van der Waals surface area contributed by atoms with Gasteiger partial charge in [-0.3, -0.25) is 0 Å². The van der Waals surface area contributed by atoms with Gasteiger partial charge in [0, 0.05) is 103 Å². The molecular formula is Si14. The zero-order valence-electron chi connectivity index (χ0n) is 7.00. The van der Waals surface area contributed by atoms with Crippen LogP contribution in [0, 0.1) is 0 Å². The van der Waals surface area contributed by atoms with Crippen LogP contribution in [0.1, 0.15) is 0 Å². The molecule has 0 aromatic carbocycles. The van der Waals surface area contributed by atoms with Gasteiger partial charge in [0.25, 0.3) is 0 Å². The lowest BCUT2D eigenvalue weighted by atomic mass is 25.3. The zero-order valence-corrected chi connectivity index (χ0v) is 21.0. The molecule has 14 radical (unpaired) electrons. The lowest BCUT2D eigenvalue weighted by molar-refractivity contribution is 2.95. The molecule has 14 heavy (non-hydrogen) atoms. The molecule has 7 fully saturated rings. The third-order valence-electron chi connectivity index (χ3n) is 5.25. The number of rotatable bonds is 0. The average molecular weight is 393 g/mol. The summed E-state index contributed by atoms with van der Waals surface area (Å²) in [4.78, 5) is 0. The topological polar surface area (TPSA) is 0 Å². The Hall–Kier alpha value is 3.04. The summed E-state index contributed by atoms with van der Waals surface area (Å²) < 4.78 is 0. The van der Waals surface area contributed by atoms with E-state index in [1.165, 1.54) is 0 Å². The van der Waals surface area contributed by atoms with Crippen LogP contribution in [-0.2, 0) is 0 Å². The molecule has 7 rings (SSSR count). The van der Waals surface area contributed by atoms with E-state index in [-0.39, 0.29) is 0 Å². The fourth-order valence-electron chi connectivity index (χ4n) is 4.81. The van der Waals surface area contributed by atoms with Crippen LogP contribution in [0.5, 0.6) is 0 Å². The summed E-state index contributed by atoms with van der Waals surface area (Å²) in [5.41, 5.74) is 0. The highest BCUT2D eigenvalue weighted by Crippen LogP contribution is 2.63. The van der Waals surface area contributed by atoms with Crippen molar-refractivity contribution in [2.24, 2.45) is 0 Å². The molecule has 7 saturated heterocycles. The molecule has 0 aliphatic carbocycles. The number of fused-ring (bicyclic) bond motifs is 21. The van der Waals surface area contributed by atoms with Crippen molar-refractivity contribution in [3.05, 3.63) is 0 Å². The van der Waals surface area contributed by atoms with Crippen molar-refractivity contribution in [2.45, 2.75) is 0 Å². The molecule has 0 spiro atoms. The molecule has 0 atom stereocenters. The molecule has 14 heteroatoms. The van der Waals surface area contributed by atoms with Crippen molar-refractivity contribution in [3.63, 3.8) is 0 Å². The largest absolute Gasteiger partial charge is 0 e. The third kappa shape index (κ3) is 0.391. The molecule has 0 bridgehead atoms. The van der Waals surface area contributed by atoms with E-state index in [2.05, 4.69) is 0 Å². The molecule has 0 unspecified atom stereocenters. The van der Waals surface area contributed by atoms with Crippen molar-refractivity contribution >= 4 is 103 Å². The van der Waals surface area contributed by atoms with Crippen molar-refractivity contribution in [2.75, 3.05) is 0 Å². The Morgan fingerprint density at radius 1 is 0.143 bits per heavy atom. The van der Waals surface area contributed by atoms with Crippen molar-refractivity contribution in [3.8, 4) is 0 Å². The van der Waals surface area contributed by atoms with Gasteiger partial charge in [-0.1, -0.05) is 0 Å². The van der Waals surface area contributed by atoms with Gasteiger partial charge < -0.3 is 0 Å². The van der Waals surface area contributed by atoms with E-state index in [1.807, 2.05) is 0 Å². The molecule has 0 nitrogen and oxygen atoms in total. The van der Waals surface area contributed by atoms with Crippen LogP contribution >= 0.6 is 0 Å². The lowest BCUT2D eigenvalue weighted by Crippen LogP contribution is -3.18. The average Bonchev–Trinajstić information content (AvgIpc) is 2.50. The van der Waals surface area contributed by atoms with Gasteiger partial charge in [0.05, 0.1) is 0 Å². The Labute approximate surface area is 102 Å². The van der Waals surface area contributed by atoms with E-state index < -0.39 is 0 Å². The summed E-state index contributed by atoms with van der Waals surface area (Å²) in [6.07, 6.45) is 0. The standard InChI is InChI=1S/Si14/c1-2-5-3(1)7-9(5)13-11(7)12-8-4(1)6(2)10(8)14(12)13. The molecule has 0 N–H and O–H groups in total. The van der Waals surface area contributed by atoms with E-state index in [9.17, 15) is 0 Å². The van der Waals surface area contributed by atoms with Crippen molar-refractivity contribution < 1.29 is 0 Å². The highest BCUT2D eigenvalue weighted by Gasteiger charge is 3.01. The second-order valence-corrected chi connectivity index (χ2v) is 142. The number of hydrogen-bond donors (Lipinski definition) is 0. The van der Waals surface area contributed by atoms with Crippen LogP contribution in [0.25, 0.3) is 0 Å². The van der Waals surface area contributed by atoms with Gasteiger partial charge in [0.15, 0.2) is 0 Å². The van der Waals surface area contributed by atoms with Crippen molar-refractivity contribution in [1.29, 1.82) is 0 Å². The monoisotopic (exact) mass is 392 g/mol. The minimum atomic E-state index is 0.926. The first kappa shape index (κ1) is 7.58. The van der Waals surface area contributed by atoms with Crippen LogP contribution < -0.4 is 0 Å². The quantitative estimate of drug-likeness (QED) is 0.361. The van der Waals surface area contributed by atoms with E-state index in [0.29, 0.717) is 0 Å². The van der Waals surface area contributed by atoms with Gasteiger partial charge in [-0.05, 0) is 0 Å². The van der Waals surface area contributed by atoms with Crippen LogP contribution in [0.3, 0.4) is 0 Å². The molecule has 0 saturated carbocycles. The Morgan fingerprint density at radius 2 is 0.214 bits per heavy atom. The smallest absolute Gasteiger partial charge is 0 e. The first-order valence-corrected chi connectivity index (χ1v) is 47.2. The lowest BCUT2D eigenvalue weighted by Gasteiger charge is -2.80. The maximum absolute atomic E-state index is 0.926. The highest BCUT2D eigenvalue weighted by molar-refractivity contribution is 8.76. The molecule has 7 aliphatic heterocycles. The Bertz CT molecular complexity index is 226. The fourth-order valence-corrected chi connectivity index (χ4v) is 1100. The summed E-state index contributed by atoms with van der Waals surface area (Å²) in [5.74, 6) is 0. The van der Waals surface area contributed by atoms with Crippen LogP contribution in [-0.4, -0.2) is 103 Å². The van der Waals surface area contributed by atoms with Gasteiger partial charge in [-0.15, -0.1) is 0 Å². The SMILES string of the molecule is [Si]12[Si]3[Si]4[Si]1[Si]1[Si]2[Si]2[Si]1[Si]1[Si]5[Si]4[Si]3[Si]5[Si]21. The first-order valence-electron chi connectivity index (χ1n) is 5.25. The van der Waals surface area contributed by atoms with Crippen LogP contribution in [0.15, 0.2) is 0 Å². The molecular weight excluding hydrogens is 393 g/mol. The van der Waals surface area contributed by atoms with E-state index in [1.54, 1.807) is 0 Å². The summed E-state index contributed by atoms with van der Waals surface area (Å²) in [7, 11) is 13.0. The predicted molar refractivity (Wildman–Crippen MR) is 80.6 cm³/mol. The Morgan fingerprint density at radius 3 is 0.286 bits per heavy atom. The normalized spacial score (nSPS) is 54.0.